The highest BCUT2D eigenvalue weighted by molar-refractivity contribution is 7.90. The van der Waals surface area contributed by atoms with E-state index in [-0.39, 0.29) is 45.1 Å². The van der Waals surface area contributed by atoms with Crippen molar-refractivity contribution in [1.29, 1.82) is 0 Å². The van der Waals surface area contributed by atoms with Gasteiger partial charge >= 0.3 is 0 Å². The number of rotatable bonds is 16. The number of nitro groups is 1. The Morgan fingerprint density at radius 3 is 2.48 bits per heavy atom. The number of aromatic nitrogens is 2. The number of carbonyl (C=O) groups is 1. The van der Waals surface area contributed by atoms with Gasteiger partial charge in [-0.2, -0.15) is 0 Å². The van der Waals surface area contributed by atoms with Gasteiger partial charge in [-0.15, -0.1) is 0 Å². The minimum Gasteiger partial charge on any atom is -0.455 e. The summed E-state index contributed by atoms with van der Waals surface area (Å²) in [7, 11) is -2.69. The number of aliphatic hydroxyl groups is 1. The third-order valence-electron chi connectivity index (χ3n) is 19.2. The predicted molar refractivity (Wildman–Crippen MR) is 292 cm³/mol. The van der Waals surface area contributed by atoms with Crippen molar-refractivity contribution < 1.29 is 37.1 Å². The second kappa shape index (κ2) is 19.6. The number of benzene rings is 3. The molecule has 5 aromatic rings. The molecule has 2 aromatic heterocycles. The Kier molecular flexibility index (Phi) is 13.3. The lowest BCUT2D eigenvalue weighted by Crippen LogP contribution is -2.68. The largest absolute Gasteiger partial charge is 0.455 e. The molecule has 1 amide bonds. The molecule has 18 heteroatoms. The number of pyridine rings is 1. The van der Waals surface area contributed by atoms with Crippen LogP contribution in [0.15, 0.2) is 84.0 Å². The molecule has 13 rings (SSSR count). The van der Waals surface area contributed by atoms with Crippen LogP contribution in [0.1, 0.15) is 131 Å². The van der Waals surface area contributed by atoms with Gasteiger partial charge in [0.25, 0.3) is 21.6 Å². The molecule has 6 saturated carbocycles. The molecule has 8 aliphatic rings. The zero-order valence-corrected chi connectivity index (χ0v) is 45.5. The number of hydrogen-bond acceptors (Lipinski definition) is 13. The maximum atomic E-state index is 14.8. The molecule has 3 atom stereocenters. The Morgan fingerprint density at radius 1 is 1.00 bits per heavy atom. The lowest BCUT2D eigenvalue weighted by molar-refractivity contribution is -0.384. The number of nitrogens with one attached hydrogen (secondary N) is 3. The van der Waals surface area contributed by atoms with Crippen LogP contribution < -0.4 is 19.7 Å². The molecular formula is C59H73FN8O8S. The van der Waals surface area contributed by atoms with Crippen molar-refractivity contribution in [3.8, 4) is 11.5 Å². The number of sulfonamides is 1. The van der Waals surface area contributed by atoms with E-state index in [1.54, 1.807) is 19.1 Å². The van der Waals surface area contributed by atoms with Gasteiger partial charge in [0.05, 0.1) is 38.2 Å². The molecule has 2 saturated heterocycles. The first-order valence-electron chi connectivity index (χ1n) is 27.9. The minimum atomic E-state index is -4.64. The zero-order chi connectivity index (χ0) is 53.6. The van der Waals surface area contributed by atoms with Crippen molar-refractivity contribution in [3.63, 3.8) is 0 Å². The van der Waals surface area contributed by atoms with E-state index in [2.05, 4.69) is 72.8 Å². The number of halogens is 1. The highest BCUT2D eigenvalue weighted by Gasteiger charge is 2.59. The summed E-state index contributed by atoms with van der Waals surface area (Å²) < 4.78 is 57.3. The van der Waals surface area contributed by atoms with Crippen LogP contribution >= 0.6 is 0 Å². The van der Waals surface area contributed by atoms with Gasteiger partial charge in [-0.1, -0.05) is 38.1 Å². The highest BCUT2D eigenvalue weighted by Crippen LogP contribution is 2.63. The number of anilines is 2. The Hall–Kier alpha value is -5.66. The van der Waals surface area contributed by atoms with E-state index >= 15 is 0 Å². The molecule has 77 heavy (non-hydrogen) atoms. The molecule has 4 N–H and O–H groups in total. The summed E-state index contributed by atoms with van der Waals surface area (Å²) in [4.78, 5) is 40.2. The van der Waals surface area contributed by atoms with E-state index in [1.165, 1.54) is 86.3 Å². The number of methoxy groups -OCH3 is 1. The Morgan fingerprint density at radius 2 is 1.75 bits per heavy atom. The first kappa shape index (κ1) is 52.1. The Balaban J connectivity index is 0.748. The van der Waals surface area contributed by atoms with Crippen LogP contribution in [0.5, 0.6) is 11.5 Å². The van der Waals surface area contributed by atoms with Crippen LogP contribution in [0, 0.1) is 44.5 Å². The first-order valence-corrected chi connectivity index (χ1v) is 29.4. The lowest BCUT2D eigenvalue weighted by Gasteiger charge is -2.64. The molecule has 2 aliphatic heterocycles. The van der Waals surface area contributed by atoms with Gasteiger partial charge in [-0.25, -0.2) is 22.5 Å². The van der Waals surface area contributed by atoms with Crippen molar-refractivity contribution in [3.05, 3.63) is 112 Å². The summed E-state index contributed by atoms with van der Waals surface area (Å²) in [5, 5.41) is 25.9. The number of ether oxygens (including phenoxy) is 2. The maximum Gasteiger partial charge on any atom is 0.293 e. The van der Waals surface area contributed by atoms with Crippen LogP contribution in [0.4, 0.5) is 21.5 Å². The Bertz CT molecular complexity index is 3180. The van der Waals surface area contributed by atoms with Gasteiger partial charge in [-0.05, 0) is 155 Å². The summed E-state index contributed by atoms with van der Waals surface area (Å²) in [6.45, 7) is 12.7. The molecule has 1 spiro atoms. The number of aromatic amines is 1. The van der Waals surface area contributed by atoms with E-state index in [9.17, 15) is 32.8 Å². The van der Waals surface area contributed by atoms with Crippen LogP contribution in [0.3, 0.4) is 0 Å². The molecule has 410 valence electrons. The quantitative estimate of drug-likeness (QED) is 0.0539. The van der Waals surface area contributed by atoms with Crippen molar-refractivity contribution in [2.75, 3.05) is 63.1 Å². The number of nitrogens with zero attached hydrogens (tertiary/aromatic N) is 5. The van der Waals surface area contributed by atoms with E-state index in [0.29, 0.717) is 48.5 Å². The smallest absolute Gasteiger partial charge is 0.293 e. The summed E-state index contributed by atoms with van der Waals surface area (Å²) in [6.07, 6.45) is 15.2. The van der Waals surface area contributed by atoms with Gasteiger partial charge in [0.2, 0.25) is 0 Å². The van der Waals surface area contributed by atoms with E-state index in [4.69, 9.17) is 9.47 Å². The molecule has 8 fully saturated rings. The third-order valence-corrected chi connectivity index (χ3v) is 20.5. The average Bonchev–Trinajstić information content (AvgIpc) is 3.80. The van der Waals surface area contributed by atoms with E-state index < -0.39 is 42.9 Å². The molecule has 4 heterocycles. The number of nitro benzene ring substituents is 1. The van der Waals surface area contributed by atoms with Crippen LogP contribution in [0.2, 0.25) is 0 Å². The highest BCUT2D eigenvalue weighted by atomic mass is 32.2. The van der Waals surface area contributed by atoms with Gasteiger partial charge in [0.15, 0.2) is 0 Å². The molecule has 3 aromatic carbocycles. The number of H-pyrrole nitrogens is 1. The fourth-order valence-electron chi connectivity index (χ4n) is 15.8. The fraction of sp³-hybridized carbons (Fsp3) is 0.559. The second-order valence-electron chi connectivity index (χ2n) is 25.2. The molecule has 4 bridgehead atoms. The van der Waals surface area contributed by atoms with E-state index in [0.717, 1.165) is 88.5 Å². The Labute approximate surface area is 450 Å². The fourth-order valence-corrected chi connectivity index (χ4v) is 16.8. The number of hydrogen-bond donors (Lipinski definition) is 4. The second-order valence-corrected chi connectivity index (χ2v) is 26.9. The predicted octanol–water partition coefficient (Wildman–Crippen LogP) is 10.3. The lowest BCUT2D eigenvalue weighted by atomic mass is 9.47. The zero-order valence-electron chi connectivity index (χ0n) is 44.7. The standard InChI is InChI=1S/C59H73FN8O8S/c1-37(2)45-7-5-6-8-46(45)52-32-65(34-57-23-39-19-40(24-57)26-59(25-39,33-57)75-4)17-18-67(52)42-27-58(28-42)35-66(36-58)41-9-11-47(53(20-41)76-43-21-48-49(60)31-63-54(48)62-30-43)55(69)64-77(73,74)44-10-12-50(51(22-44)68(71)72)61-29-38-13-15-56(3,70)16-14-38/h5-12,20-22,30-31,37-40,42,52,61,70H,13-19,23-29,32-36H2,1-4H3,(H,62,63)(H,64,69)/t38?,39?,40?,52-,56?,57?,59?/m0/s1. The van der Waals surface area contributed by atoms with Crippen molar-refractivity contribution in [2.45, 2.75) is 132 Å². The summed E-state index contributed by atoms with van der Waals surface area (Å²) in [5.74, 6) is 0.791. The average molecular weight is 1070 g/mol. The summed E-state index contributed by atoms with van der Waals surface area (Å²) >= 11 is 0. The number of fused-ring (bicyclic) bond motifs is 1. The van der Waals surface area contributed by atoms with Crippen LogP contribution in [0.25, 0.3) is 11.0 Å². The summed E-state index contributed by atoms with van der Waals surface area (Å²) in [5.41, 5.74) is 3.36. The van der Waals surface area contributed by atoms with Crippen molar-refractivity contribution in [2.24, 2.45) is 28.6 Å². The van der Waals surface area contributed by atoms with Crippen molar-refractivity contribution >= 4 is 44.0 Å². The molecule has 0 radical (unpaired) electrons. The van der Waals surface area contributed by atoms with Crippen LogP contribution in [-0.2, 0) is 14.8 Å². The summed E-state index contributed by atoms with van der Waals surface area (Å²) in [6, 6.07) is 19.8. The number of piperazine rings is 1. The minimum absolute atomic E-state index is 0.0324. The molecule has 16 nitrogen and oxygen atoms in total. The molecule has 2 unspecified atom stereocenters. The van der Waals surface area contributed by atoms with Crippen molar-refractivity contribution in [1.82, 2.24) is 24.5 Å². The van der Waals surface area contributed by atoms with Gasteiger partial charge in [0, 0.05) is 94.4 Å². The number of amides is 1. The normalized spacial score (nSPS) is 29.2. The van der Waals surface area contributed by atoms with Gasteiger partial charge in [-0.3, -0.25) is 24.7 Å². The molecule has 6 aliphatic carbocycles. The molecular weight excluding hydrogens is 1000 g/mol. The monoisotopic (exact) mass is 1070 g/mol. The van der Waals surface area contributed by atoms with Gasteiger partial charge < -0.3 is 29.8 Å². The topological polar surface area (TPSA) is 195 Å². The van der Waals surface area contributed by atoms with Crippen LogP contribution in [-0.4, -0.2) is 114 Å². The maximum absolute atomic E-state index is 14.8. The third kappa shape index (κ3) is 10.1. The van der Waals surface area contributed by atoms with E-state index in [1.807, 2.05) is 7.11 Å². The number of carbonyl (C=O) groups excluding carboxylic acids is 1. The SMILES string of the molecule is COC12CC3CC(CC(CN4CCN(C5CC6(C5)CN(c5ccc(C(=O)NS(=O)(=O)c7ccc(NCC8CCC(C)(O)CC8)c([N+](=O)[O-])c7)c(Oc7cnc8[nH]cc(F)c8c7)c5)C6)[C@H](c5ccccc5C(C)C)C4)(C3)C1)C2. The van der Waals surface area contributed by atoms with Gasteiger partial charge in [0.1, 0.15) is 28.7 Å². The first-order chi connectivity index (χ1) is 36.8.